The van der Waals surface area contributed by atoms with Crippen molar-refractivity contribution < 1.29 is 4.74 Å². The maximum absolute atomic E-state index is 6.05. The van der Waals surface area contributed by atoms with Gasteiger partial charge in [0.2, 0.25) is 0 Å². The SMILES string of the molecule is CCOCCN(CC)C(CN)C1CCCC(C)C1. The van der Waals surface area contributed by atoms with Gasteiger partial charge in [0, 0.05) is 25.7 Å². The molecule has 1 aliphatic carbocycles. The predicted molar refractivity (Wildman–Crippen MR) is 77.7 cm³/mol. The standard InChI is InChI=1S/C15H32N2O/c1-4-17(9-10-18-5-2)15(12-16)14-8-6-7-13(3)11-14/h13-15H,4-12,16H2,1-3H3. The van der Waals surface area contributed by atoms with Crippen molar-refractivity contribution in [2.45, 2.75) is 52.5 Å². The van der Waals surface area contributed by atoms with E-state index in [1.54, 1.807) is 0 Å². The maximum Gasteiger partial charge on any atom is 0.0593 e. The van der Waals surface area contributed by atoms with E-state index in [4.69, 9.17) is 10.5 Å². The molecular formula is C15H32N2O. The lowest BCUT2D eigenvalue weighted by atomic mass is 9.78. The minimum Gasteiger partial charge on any atom is -0.380 e. The predicted octanol–water partition coefficient (Wildman–Crippen LogP) is 2.50. The summed E-state index contributed by atoms with van der Waals surface area (Å²) in [5.74, 6) is 1.67. The normalized spacial score (nSPS) is 26.5. The van der Waals surface area contributed by atoms with Crippen molar-refractivity contribution in [3.05, 3.63) is 0 Å². The Kier molecular flexibility index (Phi) is 7.87. The lowest BCUT2D eigenvalue weighted by Crippen LogP contribution is -2.48. The summed E-state index contributed by atoms with van der Waals surface area (Å²) in [6, 6.07) is 0.554. The van der Waals surface area contributed by atoms with Gasteiger partial charge in [0.1, 0.15) is 0 Å². The van der Waals surface area contributed by atoms with Crippen LogP contribution in [0.15, 0.2) is 0 Å². The molecule has 0 spiro atoms. The lowest BCUT2D eigenvalue weighted by Gasteiger charge is -2.39. The van der Waals surface area contributed by atoms with Crippen LogP contribution in [0.2, 0.25) is 0 Å². The van der Waals surface area contributed by atoms with E-state index < -0.39 is 0 Å². The van der Waals surface area contributed by atoms with E-state index in [9.17, 15) is 0 Å². The highest BCUT2D eigenvalue weighted by Crippen LogP contribution is 2.32. The molecule has 0 bridgehead atoms. The van der Waals surface area contributed by atoms with Gasteiger partial charge in [-0.15, -0.1) is 0 Å². The molecule has 0 amide bonds. The van der Waals surface area contributed by atoms with Gasteiger partial charge in [-0.05, 0) is 38.1 Å². The topological polar surface area (TPSA) is 38.5 Å². The summed E-state index contributed by atoms with van der Waals surface area (Å²) in [5, 5.41) is 0. The third-order valence-corrected chi connectivity index (χ3v) is 4.36. The monoisotopic (exact) mass is 256 g/mol. The molecule has 1 saturated carbocycles. The summed E-state index contributed by atoms with van der Waals surface area (Å²) in [5.41, 5.74) is 6.05. The maximum atomic E-state index is 6.05. The number of ether oxygens (including phenoxy) is 1. The van der Waals surface area contributed by atoms with E-state index in [1.165, 1.54) is 25.7 Å². The minimum absolute atomic E-state index is 0.554. The number of hydrogen-bond donors (Lipinski definition) is 1. The molecule has 1 aliphatic rings. The van der Waals surface area contributed by atoms with E-state index in [2.05, 4.69) is 25.7 Å². The van der Waals surface area contributed by atoms with Crippen LogP contribution in [0.25, 0.3) is 0 Å². The Labute approximate surface area is 113 Å². The summed E-state index contributed by atoms with van der Waals surface area (Å²) in [4.78, 5) is 2.53. The molecule has 1 rings (SSSR count). The number of likely N-dealkylation sites (N-methyl/N-ethyl adjacent to an activating group) is 1. The molecule has 0 aromatic heterocycles. The van der Waals surface area contributed by atoms with Crippen molar-refractivity contribution >= 4 is 0 Å². The van der Waals surface area contributed by atoms with Gasteiger partial charge in [0.25, 0.3) is 0 Å². The fraction of sp³-hybridized carbons (Fsp3) is 1.00. The highest BCUT2D eigenvalue weighted by atomic mass is 16.5. The highest BCUT2D eigenvalue weighted by molar-refractivity contribution is 4.84. The van der Waals surface area contributed by atoms with Crippen LogP contribution in [-0.4, -0.2) is 43.8 Å². The van der Waals surface area contributed by atoms with Crippen LogP contribution in [0.3, 0.4) is 0 Å². The first-order chi connectivity index (χ1) is 8.72. The molecule has 0 radical (unpaired) electrons. The molecule has 1 fully saturated rings. The molecule has 0 aromatic rings. The van der Waals surface area contributed by atoms with Crippen LogP contribution >= 0.6 is 0 Å². The van der Waals surface area contributed by atoms with Gasteiger partial charge < -0.3 is 10.5 Å². The molecule has 3 heteroatoms. The smallest absolute Gasteiger partial charge is 0.0593 e. The van der Waals surface area contributed by atoms with Gasteiger partial charge in [-0.3, -0.25) is 4.90 Å². The molecule has 3 atom stereocenters. The second-order valence-electron chi connectivity index (χ2n) is 5.66. The average molecular weight is 256 g/mol. The third-order valence-electron chi connectivity index (χ3n) is 4.36. The first kappa shape index (κ1) is 15.9. The van der Waals surface area contributed by atoms with Gasteiger partial charge in [0.05, 0.1) is 6.61 Å². The Morgan fingerprint density at radius 1 is 1.33 bits per heavy atom. The van der Waals surface area contributed by atoms with Crippen molar-refractivity contribution in [2.24, 2.45) is 17.6 Å². The minimum atomic E-state index is 0.554. The van der Waals surface area contributed by atoms with Gasteiger partial charge in [-0.1, -0.05) is 26.7 Å². The Hall–Kier alpha value is -0.120. The zero-order chi connectivity index (χ0) is 13.4. The van der Waals surface area contributed by atoms with E-state index in [-0.39, 0.29) is 0 Å². The zero-order valence-electron chi connectivity index (χ0n) is 12.5. The third kappa shape index (κ3) is 4.87. The quantitative estimate of drug-likeness (QED) is 0.678. The first-order valence-electron chi connectivity index (χ1n) is 7.74. The van der Waals surface area contributed by atoms with E-state index >= 15 is 0 Å². The van der Waals surface area contributed by atoms with Gasteiger partial charge in [-0.25, -0.2) is 0 Å². The fourth-order valence-corrected chi connectivity index (χ4v) is 3.35. The first-order valence-corrected chi connectivity index (χ1v) is 7.74. The average Bonchev–Trinajstić information content (AvgIpc) is 2.38. The van der Waals surface area contributed by atoms with Crippen molar-refractivity contribution in [2.75, 3.05) is 32.8 Å². The van der Waals surface area contributed by atoms with Crippen LogP contribution in [0.4, 0.5) is 0 Å². The van der Waals surface area contributed by atoms with E-state index in [0.29, 0.717) is 6.04 Å². The number of hydrogen-bond acceptors (Lipinski definition) is 3. The lowest BCUT2D eigenvalue weighted by molar-refractivity contribution is 0.0668. The molecule has 3 nitrogen and oxygen atoms in total. The Morgan fingerprint density at radius 2 is 2.11 bits per heavy atom. The van der Waals surface area contributed by atoms with Crippen LogP contribution in [0.5, 0.6) is 0 Å². The van der Waals surface area contributed by atoms with Crippen molar-refractivity contribution in [1.82, 2.24) is 4.90 Å². The second-order valence-corrected chi connectivity index (χ2v) is 5.66. The molecule has 18 heavy (non-hydrogen) atoms. The molecule has 2 N–H and O–H groups in total. The van der Waals surface area contributed by atoms with Crippen molar-refractivity contribution in [1.29, 1.82) is 0 Å². The van der Waals surface area contributed by atoms with Gasteiger partial charge in [-0.2, -0.15) is 0 Å². The summed E-state index contributed by atoms with van der Waals surface area (Å²) in [7, 11) is 0. The summed E-state index contributed by atoms with van der Waals surface area (Å²) >= 11 is 0. The van der Waals surface area contributed by atoms with Gasteiger partial charge in [0.15, 0.2) is 0 Å². The number of nitrogens with zero attached hydrogens (tertiary/aromatic N) is 1. The highest BCUT2D eigenvalue weighted by Gasteiger charge is 2.29. The molecule has 3 unspecified atom stereocenters. The molecule has 0 aliphatic heterocycles. The molecule has 0 saturated heterocycles. The Bertz CT molecular complexity index is 211. The molecule has 0 aromatic carbocycles. The van der Waals surface area contributed by atoms with E-state index in [1.807, 2.05) is 0 Å². The van der Waals surface area contributed by atoms with Crippen molar-refractivity contribution in [3.8, 4) is 0 Å². The van der Waals surface area contributed by atoms with Crippen molar-refractivity contribution in [3.63, 3.8) is 0 Å². The molecule has 108 valence electrons. The second kappa shape index (κ2) is 8.89. The Balaban J connectivity index is 2.49. The zero-order valence-corrected chi connectivity index (χ0v) is 12.5. The Morgan fingerprint density at radius 3 is 2.67 bits per heavy atom. The number of nitrogens with two attached hydrogens (primary N) is 1. The van der Waals surface area contributed by atoms with Crippen LogP contribution in [0.1, 0.15) is 46.5 Å². The molecular weight excluding hydrogens is 224 g/mol. The van der Waals surface area contributed by atoms with E-state index in [0.717, 1.165) is 44.7 Å². The summed E-state index contributed by atoms with van der Waals surface area (Å²) < 4.78 is 5.49. The molecule has 0 heterocycles. The largest absolute Gasteiger partial charge is 0.380 e. The van der Waals surface area contributed by atoms with Crippen LogP contribution in [-0.2, 0) is 4.74 Å². The summed E-state index contributed by atoms with van der Waals surface area (Å²) in [6.07, 6.45) is 5.49. The van der Waals surface area contributed by atoms with Crippen LogP contribution in [0, 0.1) is 11.8 Å². The fourth-order valence-electron chi connectivity index (χ4n) is 3.35. The number of rotatable bonds is 8. The van der Waals surface area contributed by atoms with Crippen LogP contribution < -0.4 is 5.73 Å². The summed E-state index contributed by atoms with van der Waals surface area (Å²) in [6.45, 7) is 11.2. The van der Waals surface area contributed by atoms with Gasteiger partial charge >= 0.3 is 0 Å².